The van der Waals surface area contributed by atoms with Crippen molar-refractivity contribution in [3.8, 4) is 0 Å². The molecule has 10 amide bonds. The van der Waals surface area contributed by atoms with Gasteiger partial charge in [0, 0.05) is 13.0 Å². The standard InChI is InChI=1S/C45H81N15O12/c1-7-25(6)36(42(69)54-27(12-8-9-17-46)38(65)58-35(24(4)5)44(71)72)59-41(68)31-14-11-19-60(31)43(70)28(15-16-32(48)61)55-40(67)30(21-33(49)62)57-39(66)29(20-23(2)3)56-37(64)26(53-34(63)22-47)13-10-18-52-45(50)51/h23-31,35-36H,7-22,46-47H2,1-6H3,(H2,48,61)(H2,49,62)(H,53,63)(H,54,69)(H,55,67)(H,56,64)(H,57,66)(H,58,65)(H,59,68)(H,71,72)(H4,50,51,52)/p+3/t25-,26-,27-,28-,29-,30-,31-,35-,36-/m0/s1. The first-order chi connectivity index (χ1) is 33.8. The van der Waals surface area contributed by atoms with Crippen molar-refractivity contribution in [3.05, 3.63) is 0 Å². The molecule has 0 aromatic carbocycles. The van der Waals surface area contributed by atoms with Crippen molar-refractivity contribution in [2.24, 2.45) is 40.7 Å². The molecule has 1 aliphatic rings. The highest BCUT2D eigenvalue weighted by atomic mass is 16.4. The molecule has 0 spiro atoms. The summed E-state index contributed by atoms with van der Waals surface area (Å²) in [7, 11) is 0. The summed E-state index contributed by atoms with van der Waals surface area (Å²) in [6, 6.07) is -10.5. The number of unbranched alkanes of at least 4 members (excludes halogenated alkanes) is 1. The maximum absolute atomic E-state index is 14.4. The average Bonchev–Trinajstić information content (AvgIpc) is 3.80. The number of carboxylic acid groups (broad SMARTS) is 1. The van der Waals surface area contributed by atoms with Gasteiger partial charge in [0.1, 0.15) is 48.3 Å². The van der Waals surface area contributed by atoms with Gasteiger partial charge >= 0.3 is 11.9 Å². The largest absolute Gasteiger partial charge is 0.480 e. The maximum Gasteiger partial charge on any atom is 0.338 e. The molecule has 0 saturated carbocycles. The number of carbonyl (C=O) groups excluding carboxylic acids is 10. The van der Waals surface area contributed by atoms with Gasteiger partial charge < -0.3 is 70.2 Å². The quantitative estimate of drug-likeness (QED) is 0.0162. The Labute approximate surface area is 420 Å². The lowest BCUT2D eigenvalue weighted by atomic mass is 9.96. The zero-order chi connectivity index (χ0) is 54.8. The number of carbonyl (C=O) groups is 11. The molecule has 0 aromatic rings. The number of hydrogen-bond acceptors (Lipinski definition) is 11. The zero-order valence-electron chi connectivity index (χ0n) is 42.8. The lowest BCUT2D eigenvalue weighted by molar-refractivity contribution is -0.459. The van der Waals surface area contributed by atoms with Crippen molar-refractivity contribution in [2.45, 2.75) is 167 Å². The number of rotatable bonds is 34. The first-order valence-electron chi connectivity index (χ1n) is 24.7. The van der Waals surface area contributed by atoms with Crippen LogP contribution in [-0.2, 0) is 52.7 Å². The van der Waals surface area contributed by atoms with Crippen molar-refractivity contribution in [2.75, 3.05) is 26.2 Å². The van der Waals surface area contributed by atoms with Gasteiger partial charge in [-0.2, -0.15) is 0 Å². The molecule has 27 heteroatoms. The normalized spacial score (nSPS) is 16.6. The van der Waals surface area contributed by atoms with Gasteiger partial charge in [0.15, 0.2) is 6.54 Å². The van der Waals surface area contributed by atoms with Crippen LogP contribution in [0.25, 0.3) is 0 Å². The third kappa shape index (κ3) is 22.6. The third-order valence-electron chi connectivity index (χ3n) is 12.0. The van der Waals surface area contributed by atoms with E-state index in [0.717, 1.165) is 0 Å². The molecule has 0 radical (unpaired) electrons. The van der Waals surface area contributed by atoms with E-state index in [4.69, 9.17) is 22.9 Å². The van der Waals surface area contributed by atoms with Gasteiger partial charge in [-0.1, -0.05) is 48.0 Å². The first-order valence-corrected chi connectivity index (χ1v) is 24.7. The molecule has 23 N–H and O–H groups in total. The van der Waals surface area contributed by atoms with E-state index in [1.54, 1.807) is 41.5 Å². The number of nitrogens with zero attached hydrogens (tertiary/aromatic N) is 1. The van der Waals surface area contributed by atoms with E-state index < -0.39 is 138 Å². The monoisotopic (exact) mass is 1030 g/mol. The van der Waals surface area contributed by atoms with Crippen LogP contribution >= 0.6 is 0 Å². The molecule has 0 bridgehead atoms. The Kier molecular flexibility index (Phi) is 28.5. The molecule has 1 rings (SSSR count). The molecular formula is C45H84N15O12+3. The van der Waals surface area contributed by atoms with Crippen molar-refractivity contribution in [1.29, 1.82) is 0 Å². The minimum atomic E-state index is -1.71. The van der Waals surface area contributed by atoms with Crippen molar-refractivity contribution < 1.29 is 74.3 Å². The van der Waals surface area contributed by atoms with E-state index in [0.29, 0.717) is 38.6 Å². The van der Waals surface area contributed by atoms with Crippen LogP contribution in [0.15, 0.2) is 0 Å². The number of nitrogens with one attached hydrogen (secondary N) is 8. The minimum Gasteiger partial charge on any atom is -0.480 e. The fraction of sp³-hybridized carbons (Fsp3) is 0.733. The molecule has 0 aromatic heterocycles. The SMILES string of the molecule is CC[C@H](C)[C@H](NC(=O)[C@@H]1CCCN1C(=O)[C@H](CCC(N)=O)NC(=O)[C@H](CC(N)=O)NC(=O)[C@H](CC(C)C)NC(=O)[C@H](CCC[NH+]=C(N)N)NC(=O)C[NH3+])C(=O)N[C@@H](CCCC[NH3+])C(=O)N[C@H](C(=O)O)C(C)C. The number of nitrogens with two attached hydrogens (primary N) is 4. The lowest BCUT2D eigenvalue weighted by Gasteiger charge is -2.32. The van der Waals surface area contributed by atoms with Crippen LogP contribution in [0.3, 0.4) is 0 Å². The molecule has 0 aliphatic carbocycles. The van der Waals surface area contributed by atoms with Crippen LogP contribution in [0.5, 0.6) is 0 Å². The fourth-order valence-corrected chi connectivity index (χ4v) is 7.83. The molecule has 1 aliphatic heterocycles. The Balaban J connectivity index is 3.46. The number of likely N-dealkylation sites (tertiary alicyclic amines) is 1. The van der Waals surface area contributed by atoms with Crippen LogP contribution in [0.2, 0.25) is 0 Å². The van der Waals surface area contributed by atoms with Gasteiger partial charge in [0.2, 0.25) is 53.2 Å². The highest BCUT2D eigenvalue weighted by molar-refractivity contribution is 5.99. The molecule has 0 unspecified atom stereocenters. The van der Waals surface area contributed by atoms with E-state index in [-0.39, 0.29) is 63.6 Å². The van der Waals surface area contributed by atoms with Gasteiger partial charge in [-0.25, -0.2) is 4.79 Å². The Hall–Kier alpha value is -6.64. The van der Waals surface area contributed by atoms with Gasteiger partial charge in [-0.15, -0.1) is 0 Å². The Morgan fingerprint density at radius 2 is 1.21 bits per heavy atom. The first kappa shape index (κ1) is 63.4. The number of primary amides is 2. The van der Waals surface area contributed by atoms with E-state index in [1.807, 2.05) is 0 Å². The zero-order valence-corrected chi connectivity index (χ0v) is 42.8. The fourth-order valence-electron chi connectivity index (χ4n) is 7.83. The summed E-state index contributed by atoms with van der Waals surface area (Å²) >= 11 is 0. The van der Waals surface area contributed by atoms with Gasteiger partial charge in [-0.3, -0.25) is 64.4 Å². The van der Waals surface area contributed by atoms with Crippen LogP contribution in [0.4, 0.5) is 0 Å². The van der Waals surface area contributed by atoms with E-state index in [1.165, 1.54) is 4.90 Å². The number of amides is 10. The van der Waals surface area contributed by atoms with Crippen molar-refractivity contribution >= 4 is 71.0 Å². The summed E-state index contributed by atoms with van der Waals surface area (Å²) in [6.45, 7) is 10.9. The van der Waals surface area contributed by atoms with Gasteiger partial charge in [0.05, 0.1) is 19.5 Å². The van der Waals surface area contributed by atoms with E-state index in [2.05, 4.69) is 53.7 Å². The van der Waals surface area contributed by atoms with Gasteiger partial charge in [0.25, 0.3) is 5.91 Å². The number of aliphatic carboxylic acids is 1. The molecule has 9 atom stereocenters. The lowest BCUT2D eigenvalue weighted by Crippen LogP contribution is -2.78. The number of hydrogen-bond donors (Lipinski definition) is 15. The number of carboxylic acids is 1. The smallest absolute Gasteiger partial charge is 0.338 e. The predicted octanol–water partition coefficient (Wildman–Crippen LogP) is -7.87. The summed E-state index contributed by atoms with van der Waals surface area (Å²) in [6.07, 6.45) is 1.01. The maximum atomic E-state index is 14.4. The average molecular weight is 1030 g/mol. The summed E-state index contributed by atoms with van der Waals surface area (Å²) in [5.41, 5.74) is 29.2. The highest BCUT2D eigenvalue weighted by Gasteiger charge is 2.41. The highest BCUT2D eigenvalue weighted by Crippen LogP contribution is 2.21. The van der Waals surface area contributed by atoms with E-state index in [9.17, 15) is 57.8 Å². The molecule has 1 saturated heterocycles. The molecular weight excluding hydrogens is 943 g/mol. The van der Waals surface area contributed by atoms with Crippen molar-refractivity contribution in [1.82, 2.24) is 42.1 Å². The van der Waals surface area contributed by atoms with Gasteiger partial charge in [-0.05, 0) is 75.5 Å². The second-order valence-corrected chi connectivity index (χ2v) is 18.9. The third-order valence-corrected chi connectivity index (χ3v) is 12.0. The Morgan fingerprint density at radius 1 is 0.653 bits per heavy atom. The summed E-state index contributed by atoms with van der Waals surface area (Å²) in [5.74, 6) is -10.6. The van der Waals surface area contributed by atoms with Crippen LogP contribution in [-0.4, -0.2) is 156 Å². The second-order valence-electron chi connectivity index (χ2n) is 18.9. The molecule has 27 nitrogen and oxygen atoms in total. The summed E-state index contributed by atoms with van der Waals surface area (Å²) < 4.78 is 0. The molecule has 1 fully saturated rings. The molecule has 408 valence electrons. The van der Waals surface area contributed by atoms with Crippen molar-refractivity contribution in [3.63, 3.8) is 0 Å². The molecule has 1 heterocycles. The summed E-state index contributed by atoms with van der Waals surface area (Å²) in [5, 5.41) is 27.7. The van der Waals surface area contributed by atoms with Crippen LogP contribution < -0.4 is 76.6 Å². The topological polar surface area (TPSA) is 469 Å². The van der Waals surface area contributed by atoms with E-state index >= 15 is 0 Å². The number of quaternary nitrogens is 2. The Bertz CT molecular complexity index is 1910. The van der Waals surface area contributed by atoms with Crippen LogP contribution in [0.1, 0.15) is 119 Å². The molecule has 72 heavy (non-hydrogen) atoms. The minimum absolute atomic E-state index is 0.0134. The number of guanidine groups is 1. The summed E-state index contributed by atoms with van der Waals surface area (Å²) in [4.78, 5) is 150. The Morgan fingerprint density at radius 3 is 1.75 bits per heavy atom. The van der Waals surface area contributed by atoms with Crippen LogP contribution in [0, 0.1) is 17.8 Å². The second kappa shape index (κ2) is 32.4. The predicted molar refractivity (Wildman–Crippen MR) is 260 cm³/mol.